The van der Waals surface area contributed by atoms with Crippen molar-refractivity contribution in [3.05, 3.63) is 0 Å². The lowest BCUT2D eigenvalue weighted by atomic mass is 9.85. The predicted molar refractivity (Wildman–Crippen MR) is 60.6 cm³/mol. The van der Waals surface area contributed by atoms with Gasteiger partial charge in [-0.2, -0.15) is 0 Å². The van der Waals surface area contributed by atoms with Gasteiger partial charge >= 0.3 is 0 Å². The van der Waals surface area contributed by atoms with Crippen LogP contribution in [-0.2, 0) is 14.4 Å². The molecule has 0 spiro atoms. The number of rotatable bonds is 4. The molecule has 0 aromatic carbocycles. The van der Waals surface area contributed by atoms with E-state index in [0.29, 0.717) is 12.0 Å². The van der Waals surface area contributed by atoms with Crippen molar-refractivity contribution in [3.8, 4) is 0 Å². The molecule has 0 radical (unpaired) electrons. The molecule has 0 aromatic rings. The van der Waals surface area contributed by atoms with Gasteiger partial charge in [0, 0.05) is 6.04 Å². The molecule has 6 nitrogen and oxygen atoms in total. The summed E-state index contributed by atoms with van der Waals surface area (Å²) < 4.78 is 0. The van der Waals surface area contributed by atoms with Crippen molar-refractivity contribution in [1.29, 1.82) is 0 Å². The first kappa shape index (κ1) is 12.3. The van der Waals surface area contributed by atoms with Crippen molar-refractivity contribution in [2.45, 2.75) is 44.2 Å². The number of carbonyl (C=O) groups excluding carboxylic acids is 2. The number of nitrogens with two attached hydrogens (primary N) is 1. The molecule has 17 heavy (non-hydrogen) atoms. The van der Waals surface area contributed by atoms with Crippen LogP contribution < -0.4 is 16.5 Å². The first-order valence-electron chi connectivity index (χ1n) is 6.13. The molecule has 96 valence electrons. The van der Waals surface area contributed by atoms with Crippen molar-refractivity contribution in [2.75, 3.05) is 6.61 Å². The van der Waals surface area contributed by atoms with Crippen LogP contribution in [0, 0.1) is 5.92 Å². The molecule has 3 unspecified atom stereocenters. The number of carbonyl (C=O) groups is 2. The molecule has 6 heteroatoms. The summed E-state index contributed by atoms with van der Waals surface area (Å²) in [5, 5.41) is 3.32. The smallest absolute Gasteiger partial charge is 0.260 e. The van der Waals surface area contributed by atoms with Gasteiger partial charge in [-0.05, 0) is 25.2 Å². The maximum absolute atomic E-state index is 11.7. The van der Waals surface area contributed by atoms with Crippen LogP contribution in [0.4, 0.5) is 0 Å². The summed E-state index contributed by atoms with van der Waals surface area (Å²) in [5.74, 6) is -0.199. The van der Waals surface area contributed by atoms with E-state index in [-0.39, 0.29) is 18.6 Å². The van der Waals surface area contributed by atoms with Gasteiger partial charge in [0.25, 0.3) is 5.91 Å². The van der Waals surface area contributed by atoms with Crippen LogP contribution >= 0.6 is 0 Å². The van der Waals surface area contributed by atoms with Crippen LogP contribution in [-0.4, -0.2) is 30.5 Å². The number of amides is 2. The van der Waals surface area contributed by atoms with Crippen LogP contribution in [0.2, 0.25) is 0 Å². The number of hydroxylamine groups is 1. The fourth-order valence-electron chi connectivity index (χ4n) is 2.77. The Kier molecular flexibility index (Phi) is 3.96. The normalized spacial score (nSPS) is 31.9. The zero-order valence-corrected chi connectivity index (χ0v) is 9.78. The fraction of sp³-hybridized carbons (Fsp3) is 0.818. The minimum absolute atomic E-state index is 0.198. The Hall–Kier alpha value is -1.14. The van der Waals surface area contributed by atoms with E-state index in [4.69, 9.17) is 10.6 Å². The molecule has 1 aliphatic heterocycles. The summed E-state index contributed by atoms with van der Waals surface area (Å²) in [5.41, 5.74) is 7.16. The van der Waals surface area contributed by atoms with Crippen LogP contribution in [0.5, 0.6) is 0 Å². The Bertz CT molecular complexity index is 294. The highest BCUT2D eigenvalue weighted by atomic mass is 16.7. The zero-order chi connectivity index (χ0) is 12.3. The lowest BCUT2D eigenvalue weighted by Crippen LogP contribution is -2.43. The number of hydrogen-bond donors (Lipinski definition) is 3. The quantitative estimate of drug-likeness (QED) is 0.575. The van der Waals surface area contributed by atoms with Gasteiger partial charge in [0.15, 0.2) is 6.61 Å². The number of nitrogens with one attached hydrogen (secondary N) is 2. The van der Waals surface area contributed by atoms with Crippen LogP contribution in [0.3, 0.4) is 0 Å². The van der Waals surface area contributed by atoms with Gasteiger partial charge in [-0.15, -0.1) is 0 Å². The summed E-state index contributed by atoms with van der Waals surface area (Å²) in [4.78, 5) is 26.9. The first-order valence-corrected chi connectivity index (χ1v) is 6.13. The van der Waals surface area contributed by atoms with E-state index < -0.39 is 5.91 Å². The van der Waals surface area contributed by atoms with Gasteiger partial charge < -0.3 is 11.1 Å². The molecule has 1 aliphatic carbocycles. The second-order valence-electron chi connectivity index (χ2n) is 4.83. The fourth-order valence-corrected chi connectivity index (χ4v) is 2.77. The van der Waals surface area contributed by atoms with Crippen LogP contribution in [0.15, 0.2) is 0 Å². The number of fused-ring (bicyclic) bond motifs is 1. The highest BCUT2D eigenvalue weighted by Crippen LogP contribution is 2.33. The maximum Gasteiger partial charge on any atom is 0.260 e. The van der Waals surface area contributed by atoms with E-state index in [1.807, 2.05) is 0 Å². The third-order valence-corrected chi connectivity index (χ3v) is 3.57. The van der Waals surface area contributed by atoms with Crippen molar-refractivity contribution >= 4 is 11.8 Å². The molecule has 1 heterocycles. The molecule has 2 amide bonds. The third-order valence-electron chi connectivity index (χ3n) is 3.57. The molecule has 0 bridgehead atoms. The highest BCUT2D eigenvalue weighted by Gasteiger charge is 2.38. The third kappa shape index (κ3) is 3.17. The maximum atomic E-state index is 11.7. The van der Waals surface area contributed by atoms with Crippen molar-refractivity contribution in [3.63, 3.8) is 0 Å². The van der Waals surface area contributed by atoms with E-state index in [0.717, 1.165) is 12.8 Å². The molecule has 0 aromatic heterocycles. The Morgan fingerprint density at radius 1 is 1.35 bits per heavy atom. The van der Waals surface area contributed by atoms with Gasteiger partial charge in [0.2, 0.25) is 5.91 Å². The summed E-state index contributed by atoms with van der Waals surface area (Å²) >= 11 is 0. The van der Waals surface area contributed by atoms with E-state index in [1.165, 1.54) is 19.3 Å². The zero-order valence-electron chi connectivity index (χ0n) is 9.78. The Morgan fingerprint density at radius 3 is 2.82 bits per heavy atom. The monoisotopic (exact) mass is 241 g/mol. The molecule has 4 N–H and O–H groups in total. The molecular formula is C11H19N3O3. The van der Waals surface area contributed by atoms with E-state index in [2.05, 4.69) is 10.8 Å². The average Bonchev–Trinajstić information content (AvgIpc) is 2.71. The molecule has 3 atom stereocenters. The van der Waals surface area contributed by atoms with Crippen molar-refractivity contribution in [1.82, 2.24) is 10.8 Å². The van der Waals surface area contributed by atoms with E-state index in [1.54, 1.807) is 0 Å². The van der Waals surface area contributed by atoms with Gasteiger partial charge in [0.05, 0.1) is 6.04 Å². The average molecular weight is 241 g/mol. The SMILES string of the molecule is NC(=O)CONC(=O)C1CC2CCCCC2N1. The molecule has 2 aliphatic rings. The summed E-state index contributed by atoms with van der Waals surface area (Å²) in [6.45, 7) is -0.286. The molecule has 1 saturated carbocycles. The minimum Gasteiger partial charge on any atom is -0.368 e. The minimum atomic E-state index is -0.599. The highest BCUT2D eigenvalue weighted by molar-refractivity contribution is 5.81. The molecule has 2 fully saturated rings. The summed E-state index contributed by atoms with van der Waals surface area (Å²) in [6, 6.07) is 0.270. The molecule has 1 saturated heterocycles. The Morgan fingerprint density at radius 2 is 2.12 bits per heavy atom. The lowest BCUT2D eigenvalue weighted by molar-refractivity contribution is -0.139. The number of hydrogen-bond acceptors (Lipinski definition) is 4. The predicted octanol–water partition coefficient (Wildman–Crippen LogP) is -0.560. The molecule has 2 rings (SSSR count). The van der Waals surface area contributed by atoms with Gasteiger partial charge in [0.1, 0.15) is 0 Å². The summed E-state index contributed by atoms with van der Waals surface area (Å²) in [6.07, 6.45) is 5.70. The second kappa shape index (κ2) is 5.46. The largest absolute Gasteiger partial charge is 0.368 e. The van der Waals surface area contributed by atoms with Gasteiger partial charge in [-0.1, -0.05) is 12.8 Å². The Balaban J connectivity index is 1.75. The first-order chi connectivity index (χ1) is 8.16. The van der Waals surface area contributed by atoms with E-state index >= 15 is 0 Å². The van der Waals surface area contributed by atoms with Crippen molar-refractivity contribution in [2.24, 2.45) is 11.7 Å². The standard InChI is InChI=1S/C11H19N3O3/c12-10(15)6-17-14-11(16)9-5-7-3-1-2-4-8(7)13-9/h7-9,13H,1-6H2,(H2,12,15)(H,14,16). The summed E-state index contributed by atoms with van der Waals surface area (Å²) in [7, 11) is 0. The van der Waals surface area contributed by atoms with Crippen molar-refractivity contribution < 1.29 is 14.4 Å². The van der Waals surface area contributed by atoms with Crippen LogP contribution in [0.25, 0.3) is 0 Å². The molecular weight excluding hydrogens is 222 g/mol. The second-order valence-corrected chi connectivity index (χ2v) is 4.83. The van der Waals surface area contributed by atoms with Gasteiger partial charge in [-0.25, -0.2) is 5.48 Å². The van der Waals surface area contributed by atoms with Crippen LogP contribution in [0.1, 0.15) is 32.1 Å². The lowest BCUT2D eigenvalue weighted by Gasteiger charge is -2.24. The van der Waals surface area contributed by atoms with Gasteiger partial charge in [-0.3, -0.25) is 14.4 Å². The number of primary amides is 1. The Labute approximate surface area is 100 Å². The van der Waals surface area contributed by atoms with E-state index in [9.17, 15) is 9.59 Å². The topological polar surface area (TPSA) is 93.5 Å².